The van der Waals surface area contributed by atoms with Crippen LogP contribution in [0.15, 0.2) is 41.4 Å². The number of anilines is 1. The van der Waals surface area contributed by atoms with Crippen molar-refractivity contribution in [2.45, 2.75) is 31.2 Å². The van der Waals surface area contributed by atoms with Gasteiger partial charge in [0.1, 0.15) is 5.82 Å². The first-order valence-electron chi connectivity index (χ1n) is 8.31. The summed E-state index contributed by atoms with van der Waals surface area (Å²) in [4.78, 5) is 16.8. The molecular formula is C17H20N4O4S. The van der Waals surface area contributed by atoms with Gasteiger partial charge in [0.25, 0.3) is 5.69 Å². The highest BCUT2D eigenvalue weighted by Crippen LogP contribution is 2.23. The van der Waals surface area contributed by atoms with E-state index in [-0.39, 0.29) is 17.1 Å². The van der Waals surface area contributed by atoms with Crippen LogP contribution >= 0.6 is 0 Å². The van der Waals surface area contributed by atoms with Crippen molar-refractivity contribution < 1.29 is 13.3 Å². The lowest BCUT2D eigenvalue weighted by atomic mass is 10.2. The molecule has 3 rings (SSSR count). The van der Waals surface area contributed by atoms with Crippen LogP contribution in [0.25, 0.3) is 0 Å². The molecule has 0 radical (unpaired) electrons. The Kier molecular flexibility index (Phi) is 5.19. The molecule has 1 aromatic carbocycles. The van der Waals surface area contributed by atoms with Gasteiger partial charge in [-0.2, -0.15) is 0 Å². The molecule has 9 heteroatoms. The maximum absolute atomic E-state index is 12.5. The van der Waals surface area contributed by atoms with Crippen molar-refractivity contribution in [3.8, 4) is 0 Å². The van der Waals surface area contributed by atoms with Gasteiger partial charge in [-0.3, -0.25) is 10.1 Å². The molecule has 1 aliphatic heterocycles. The Morgan fingerprint density at radius 3 is 2.65 bits per heavy atom. The van der Waals surface area contributed by atoms with Crippen LogP contribution in [0, 0.1) is 17.0 Å². The van der Waals surface area contributed by atoms with Crippen LogP contribution in [0.3, 0.4) is 0 Å². The van der Waals surface area contributed by atoms with Crippen molar-refractivity contribution in [1.29, 1.82) is 0 Å². The van der Waals surface area contributed by atoms with Gasteiger partial charge >= 0.3 is 0 Å². The lowest BCUT2D eigenvalue weighted by molar-refractivity contribution is -0.385. The number of hydrogen-bond donors (Lipinski definition) is 1. The molecule has 0 spiro atoms. The van der Waals surface area contributed by atoms with Crippen LogP contribution in [0.1, 0.15) is 24.0 Å². The highest BCUT2D eigenvalue weighted by molar-refractivity contribution is 7.89. The fourth-order valence-corrected chi connectivity index (χ4v) is 3.94. The fraction of sp³-hybridized carbons (Fsp3) is 0.353. The van der Waals surface area contributed by atoms with Crippen molar-refractivity contribution in [3.63, 3.8) is 0 Å². The van der Waals surface area contributed by atoms with Gasteiger partial charge in [-0.05, 0) is 43.5 Å². The third-order valence-corrected chi connectivity index (χ3v) is 5.79. The van der Waals surface area contributed by atoms with Gasteiger partial charge in [-0.25, -0.2) is 18.1 Å². The molecule has 0 saturated carbocycles. The number of benzene rings is 1. The molecule has 26 heavy (non-hydrogen) atoms. The lowest BCUT2D eigenvalue weighted by Crippen LogP contribution is -2.24. The second-order valence-electron chi connectivity index (χ2n) is 6.25. The number of rotatable bonds is 6. The number of nitro groups is 1. The summed E-state index contributed by atoms with van der Waals surface area (Å²) in [5, 5.41) is 11.0. The van der Waals surface area contributed by atoms with Gasteiger partial charge in [0, 0.05) is 37.5 Å². The molecule has 2 heterocycles. The molecule has 0 aliphatic carbocycles. The summed E-state index contributed by atoms with van der Waals surface area (Å²) < 4.78 is 27.4. The van der Waals surface area contributed by atoms with E-state index >= 15 is 0 Å². The third-order valence-electron chi connectivity index (χ3n) is 4.39. The number of nitrogens with one attached hydrogen (secondary N) is 1. The first kappa shape index (κ1) is 18.3. The van der Waals surface area contributed by atoms with Crippen molar-refractivity contribution in [2.24, 2.45) is 0 Å². The number of aromatic nitrogens is 1. The largest absolute Gasteiger partial charge is 0.357 e. The maximum Gasteiger partial charge on any atom is 0.273 e. The average molecular weight is 376 g/mol. The lowest BCUT2D eigenvalue weighted by Gasteiger charge is -2.17. The first-order chi connectivity index (χ1) is 12.4. The van der Waals surface area contributed by atoms with Crippen molar-refractivity contribution in [1.82, 2.24) is 9.71 Å². The van der Waals surface area contributed by atoms with Gasteiger partial charge in [0.05, 0.1) is 9.82 Å². The van der Waals surface area contributed by atoms with Gasteiger partial charge in [0.15, 0.2) is 0 Å². The minimum absolute atomic E-state index is 0.0906. The van der Waals surface area contributed by atoms with Crippen molar-refractivity contribution >= 4 is 21.5 Å². The second kappa shape index (κ2) is 7.38. The zero-order valence-electron chi connectivity index (χ0n) is 14.4. The maximum atomic E-state index is 12.5. The molecule has 2 aromatic rings. The van der Waals surface area contributed by atoms with E-state index in [1.54, 1.807) is 19.2 Å². The van der Waals surface area contributed by atoms with Crippen molar-refractivity contribution in [3.05, 3.63) is 57.8 Å². The third kappa shape index (κ3) is 4.00. The molecule has 1 aliphatic rings. The van der Waals surface area contributed by atoms with E-state index in [2.05, 4.69) is 14.6 Å². The molecular weight excluding hydrogens is 356 g/mol. The van der Waals surface area contributed by atoms with Crippen LogP contribution in [-0.4, -0.2) is 31.4 Å². The number of nitro benzene ring substituents is 1. The summed E-state index contributed by atoms with van der Waals surface area (Å²) in [7, 11) is -3.85. The molecule has 1 aromatic heterocycles. The Balaban J connectivity index is 1.75. The summed E-state index contributed by atoms with van der Waals surface area (Å²) in [6.07, 6.45) is 3.92. The topological polar surface area (TPSA) is 105 Å². The standard InChI is InChI=1S/C17H20N4O4S/c1-13-4-5-15(11-16(13)21(22)23)26(24,25)19-12-14-6-7-18-17(10-14)20-8-2-3-9-20/h4-7,10-11,19H,2-3,8-9,12H2,1H3. The van der Waals surface area contributed by atoms with Crippen LogP contribution in [0.2, 0.25) is 0 Å². The minimum atomic E-state index is -3.85. The highest BCUT2D eigenvalue weighted by atomic mass is 32.2. The minimum Gasteiger partial charge on any atom is -0.357 e. The van der Waals surface area contributed by atoms with Crippen molar-refractivity contribution in [2.75, 3.05) is 18.0 Å². The Hall–Kier alpha value is -2.52. The summed E-state index contributed by atoms with van der Waals surface area (Å²) in [5.41, 5.74) is 0.985. The van der Waals surface area contributed by atoms with Gasteiger partial charge in [-0.1, -0.05) is 6.07 Å². The molecule has 0 unspecified atom stereocenters. The number of hydrogen-bond acceptors (Lipinski definition) is 6. The Morgan fingerprint density at radius 1 is 1.23 bits per heavy atom. The zero-order chi connectivity index (χ0) is 18.7. The highest BCUT2D eigenvalue weighted by Gasteiger charge is 2.20. The van der Waals surface area contributed by atoms with E-state index in [0.717, 1.165) is 43.4 Å². The van der Waals surface area contributed by atoms with Crippen LogP contribution < -0.4 is 9.62 Å². The summed E-state index contributed by atoms with van der Waals surface area (Å²) in [5.74, 6) is 0.838. The summed E-state index contributed by atoms with van der Waals surface area (Å²) in [6, 6.07) is 7.50. The molecule has 1 N–H and O–H groups in total. The van der Waals surface area contributed by atoms with Gasteiger partial charge in [-0.15, -0.1) is 0 Å². The average Bonchev–Trinajstić information content (AvgIpc) is 3.15. The van der Waals surface area contributed by atoms with Crippen LogP contribution in [0.4, 0.5) is 11.5 Å². The van der Waals surface area contributed by atoms with E-state index in [1.807, 2.05) is 6.07 Å². The number of aryl methyl sites for hydroxylation is 1. The second-order valence-corrected chi connectivity index (χ2v) is 8.01. The predicted octanol–water partition coefficient (Wildman–Crippen LogP) is 2.38. The summed E-state index contributed by atoms with van der Waals surface area (Å²) >= 11 is 0. The number of pyridine rings is 1. The fourth-order valence-electron chi connectivity index (χ4n) is 2.90. The molecule has 8 nitrogen and oxygen atoms in total. The first-order valence-corrected chi connectivity index (χ1v) is 9.80. The Bertz CT molecular complexity index is 924. The van der Waals surface area contributed by atoms with E-state index in [9.17, 15) is 18.5 Å². The molecule has 1 fully saturated rings. The van der Waals surface area contributed by atoms with Gasteiger partial charge in [0.2, 0.25) is 10.0 Å². The molecule has 0 amide bonds. The molecule has 138 valence electrons. The van der Waals surface area contributed by atoms with E-state index in [4.69, 9.17) is 0 Å². The monoisotopic (exact) mass is 376 g/mol. The zero-order valence-corrected chi connectivity index (χ0v) is 15.2. The normalized spacial score (nSPS) is 14.6. The molecule has 0 bridgehead atoms. The quantitative estimate of drug-likeness (QED) is 0.613. The summed E-state index contributed by atoms with van der Waals surface area (Å²) in [6.45, 7) is 3.57. The van der Waals surface area contributed by atoms with Crippen LogP contribution in [0.5, 0.6) is 0 Å². The van der Waals surface area contributed by atoms with E-state index in [1.165, 1.54) is 12.1 Å². The number of sulfonamides is 1. The Labute approximate surface area is 152 Å². The smallest absolute Gasteiger partial charge is 0.273 e. The molecule has 0 atom stereocenters. The van der Waals surface area contributed by atoms with Crippen LogP contribution in [-0.2, 0) is 16.6 Å². The Morgan fingerprint density at radius 2 is 1.96 bits per heavy atom. The predicted molar refractivity (Wildman–Crippen MR) is 97.5 cm³/mol. The number of nitrogens with zero attached hydrogens (tertiary/aromatic N) is 3. The van der Waals surface area contributed by atoms with E-state index < -0.39 is 14.9 Å². The van der Waals surface area contributed by atoms with Gasteiger partial charge < -0.3 is 4.90 Å². The SMILES string of the molecule is Cc1ccc(S(=O)(=O)NCc2ccnc(N3CCCC3)c2)cc1[N+](=O)[O-]. The molecule has 1 saturated heterocycles. The van der Waals surface area contributed by atoms with E-state index in [0.29, 0.717) is 5.56 Å².